The van der Waals surface area contributed by atoms with Crippen molar-refractivity contribution in [1.29, 1.82) is 0 Å². The van der Waals surface area contributed by atoms with Crippen LogP contribution in [0.3, 0.4) is 0 Å². The smallest absolute Gasteiger partial charge is 0.267 e. The van der Waals surface area contributed by atoms with Crippen LogP contribution in [0.25, 0.3) is 0 Å². The lowest BCUT2D eigenvalue weighted by Crippen LogP contribution is -2.18. The van der Waals surface area contributed by atoms with Crippen LogP contribution in [0.4, 0.5) is 0 Å². The number of carbonyl (C=O) groups is 1. The average molecular weight is 162 g/mol. The number of aromatic nitrogens is 2. The Morgan fingerprint density at radius 1 is 1.50 bits per heavy atom. The molecule has 0 aliphatic carbocycles. The van der Waals surface area contributed by atoms with Gasteiger partial charge in [0.2, 0.25) is 0 Å². The molecule has 0 radical (unpaired) electrons. The molecular formula is C9H10N2O. The SMILES string of the molecule is CC1=CC(=O)n2ncc(C)c2C1. The normalized spacial score (nSPS) is 15.8. The van der Waals surface area contributed by atoms with Gasteiger partial charge in [-0.2, -0.15) is 5.10 Å². The summed E-state index contributed by atoms with van der Waals surface area (Å²) in [4.78, 5) is 11.3. The van der Waals surface area contributed by atoms with Crippen molar-refractivity contribution >= 4 is 5.91 Å². The molecule has 1 aliphatic heterocycles. The third-order valence-electron chi connectivity index (χ3n) is 2.10. The highest BCUT2D eigenvalue weighted by Crippen LogP contribution is 2.16. The second kappa shape index (κ2) is 2.30. The molecule has 3 nitrogen and oxygen atoms in total. The average Bonchev–Trinajstić information content (AvgIpc) is 2.33. The molecule has 0 atom stereocenters. The second-order valence-corrected chi connectivity index (χ2v) is 3.19. The van der Waals surface area contributed by atoms with Crippen molar-refractivity contribution in [2.75, 3.05) is 0 Å². The summed E-state index contributed by atoms with van der Waals surface area (Å²) < 4.78 is 1.47. The Kier molecular flexibility index (Phi) is 1.40. The first-order valence-electron chi connectivity index (χ1n) is 3.93. The van der Waals surface area contributed by atoms with Crippen molar-refractivity contribution in [1.82, 2.24) is 9.78 Å². The van der Waals surface area contributed by atoms with E-state index >= 15 is 0 Å². The van der Waals surface area contributed by atoms with Crippen molar-refractivity contribution < 1.29 is 4.79 Å². The molecule has 0 N–H and O–H groups in total. The third kappa shape index (κ3) is 0.897. The Balaban J connectivity index is 2.58. The minimum atomic E-state index is -0.0261. The highest BCUT2D eigenvalue weighted by atomic mass is 16.2. The molecule has 0 saturated carbocycles. The molecule has 2 rings (SSSR count). The summed E-state index contributed by atoms with van der Waals surface area (Å²) in [6.07, 6.45) is 4.22. The molecule has 2 heterocycles. The van der Waals surface area contributed by atoms with E-state index in [1.54, 1.807) is 12.3 Å². The van der Waals surface area contributed by atoms with Crippen molar-refractivity contribution in [3.05, 3.63) is 29.1 Å². The minimum absolute atomic E-state index is 0.0261. The minimum Gasteiger partial charge on any atom is -0.267 e. The first-order chi connectivity index (χ1) is 5.68. The van der Waals surface area contributed by atoms with Gasteiger partial charge in [-0.15, -0.1) is 0 Å². The zero-order valence-corrected chi connectivity index (χ0v) is 7.16. The second-order valence-electron chi connectivity index (χ2n) is 3.19. The Labute approximate surface area is 70.7 Å². The van der Waals surface area contributed by atoms with E-state index in [0.29, 0.717) is 0 Å². The van der Waals surface area contributed by atoms with Gasteiger partial charge >= 0.3 is 0 Å². The Morgan fingerprint density at radius 3 is 3.00 bits per heavy atom. The van der Waals surface area contributed by atoms with E-state index in [9.17, 15) is 4.79 Å². The highest BCUT2D eigenvalue weighted by molar-refractivity contribution is 5.91. The number of hydrogen-bond donors (Lipinski definition) is 0. The highest BCUT2D eigenvalue weighted by Gasteiger charge is 2.17. The fourth-order valence-electron chi connectivity index (χ4n) is 1.45. The standard InChI is InChI=1S/C9H10N2O/c1-6-3-8-7(2)5-10-11(8)9(12)4-6/h4-5H,3H2,1-2H3. The topological polar surface area (TPSA) is 34.9 Å². The maximum atomic E-state index is 11.3. The molecule has 0 unspecified atom stereocenters. The van der Waals surface area contributed by atoms with E-state index in [0.717, 1.165) is 23.3 Å². The Hall–Kier alpha value is -1.38. The molecule has 3 heteroatoms. The van der Waals surface area contributed by atoms with Crippen molar-refractivity contribution in [2.24, 2.45) is 0 Å². The van der Waals surface area contributed by atoms with Gasteiger partial charge in [-0.25, -0.2) is 4.68 Å². The summed E-state index contributed by atoms with van der Waals surface area (Å²) in [7, 11) is 0. The van der Waals surface area contributed by atoms with Gasteiger partial charge in [-0.05, 0) is 19.4 Å². The quantitative estimate of drug-likeness (QED) is 0.577. The summed E-state index contributed by atoms with van der Waals surface area (Å²) in [5.41, 5.74) is 3.23. The predicted molar refractivity (Wildman–Crippen MR) is 45.1 cm³/mol. The van der Waals surface area contributed by atoms with Crippen LogP contribution in [0.5, 0.6) is 0 Å². The van der Waals surface area contributed by atoms with Crippen LogP contribution < -0.4 is 0 Å². The summed E-state index contributed by atoms with van der Waals surface area (Å²) >= 11 is 0. The largest absolute Gasteiger partial charge is 0.271 e. The molecule has 62 valence electrons. The van der Waals surface area contributed by atoms with E-state index < -0.39 is 0 Å². The number of rotatable bonds is 0. The zero-order chi connectivity index (χ0) is 8.72. The zero-order valence-electron chi connectivity index (χ0n) is 7.16. The summed E-state index contributed by atoms with van der Waals surface area (Å²) in [5.74, 6) is -0.0261. The van der Waals surface area contributed by atoms with E-state index in [-0.39, 0.29) is 5.91 Å². The van der Waals surface area contributed by atoms with Gasteiger partial charge in [0.05, 0.1) is 11.9 Å². The molecule has 0 aromatic carbocycles. The van der Waals surface area contributed by atoms with Crippen LogP contribution in [-0.2, 0) is 6.42 Å². The lowest BCUT2D eigenvalue weighted by atomic mass is 10.1. The van der Waals surface area contributed by atoms with Crippen molar-refractivity contribution in [3.63, 3.8) is 0 Å². The van der Waals surface area contributed by atoms with Gasteiger partial charge in [0, 0.05) is 12.5 Å². The van der Waals surface area contributed by atoms with E-state index in [2.05, 4.69) is 5.10 Å². The first kappa shape index (κ1) is 7.28. The molecule has 1 aromatic heterocycles. The molecular weight excluding hydrogens is 152 g/mol. The maximum Gasteiger partial charge on any atom is 0.271 e. The number of carbonyl (C=O) groups excluding carboxylic acids is 1. The first-order valence-corrected chi connectivity index (χ1v) is 3.93. The third-order valence-corrected chi connectivity index (χ3v) is 2.10. The summed E-state index contributed by atoms with van der Waals surface area (Å²) in [6, 6.07) is 0. The molecule has 0 saturated heterocycles. The van der Waals surface area contributed by atoms with Gasteiger partial charge in [0.25, 0.3) is 5.91 Å². The van der Waals surface area contributed by atoms with Crippen molar-refractivity contribution in [2.45, 2.75) is 20.3 Å². The van der Waals surface area contributed by atoms with Gasteiger partial charge < -0.3 is 0 Å². The van der Waals surface area contributed by atoms with Crippen molar-refractivity contribution in [3.8, 4) is 0 Å². The van der Waals surface area contributed by atoms with Crippen LogP contribution >= 0.6 is 0 Å². The van der Waals surface area contributed by atoms with Crippen LogP contribution in [0, 0.1) is 6.92 Å². The van der Waals surface area contributed by atoms with Gasteiger partial charge in [0.15, 0.2) is 0 Å². The monoisotopic (exact) mass is 162 g/mol. The maximum absolute atomic E-state index is 11.3. The number of fused-ring (bicyclic) bond motifs is 1. The number of hydrogen-bond acceptors (Lipinski definition) is 2. The fraction of sp³-hybridized carbons (Fsp3) is 0.333. The summed E-state index contributed by atoms with van der Waals surface area (Å²) in [6.45, 7) is 3.94. The van der Waals surface area contributed by atoms with Gasteiger partial charge in [0.1, 0.15) is 0 Å². The number of allylic oxidation sites excluding steroid dienone is 2. The van der Waals surface area contributed by atoms with E-state index in [1.165, 1.54) is 4.68 Å². The van der Waals surface area contributed by atoms with Crippen LogP contribution in [0.1, 0.15) is 23.0 Å². The molecule has 1 aromatic rings. The Bertz CT molecular complexity index is 374. The number of aryl methyl sites for hydroxylation is 1. The summed E-state index contributed by atoms with van der Waals surface area (Å²) in [5, 5.41) is 3.99. The molecule has 0 amide bonds. The lowest BCUT2D eigenvalue weighted by Gasteiger charge is -2.11. The fourth-order valence-corrected chi connectivity index (χ4v) is 1.45. The lowest BCUT2D eigenvalue weighted by molar-refractivity contribution is 0.0946. The predicted octanol–water partition coefficient (Wildman–Crippen LogP) is 1.33. The Morgan fingerprint density at radius 2 is 2.25 bits per heavy atom. The molecule has 1 aliphatic rings. The molecule has 0 fully saturated rings. The molecule has 12 heavy (non-hydrogen) atoms. The molecule has 0 bridgehead atoms. The van der Waals surface area contributed by atoms with Crippen LogP contribution in [0.15, 0.2) is 17.8 Å². The van der Waals surface area contributed by atoms with Crippen LogP contribution in [0.2, 0.25) is 0 Å². The van der Waals surface area contributed by atoms with Gasteiger partial charge in [-0.1, -0.05) is 5.57 Å². The molecule has 0 spiro atoms. The van der Waals surface area contributed by atoms with Gasteiger partial charge in [-0.3, -0.25) is 4.79 Å². The van der Waals surface area contributed by atoms with E-state index in [1.807, 2.05) is 13.8 Å². The van der Waals surface area contributed by atoms with Crippen LogP contribution in [-0.4, -0.2) is 15.7 Å². The van der Waals surface area contributed by atoms with E-state index in [4.69, 9.17) is 0 Å². The number of nitrogens with zero attached hydrogens (tertiary/aromatic N) is 2.